The summed E-state index contributed by atoms with van der Waals surface area (Å²) in [7, 11) is 0. The number of aliphatic hydroxyl groups is 1. The van der Waals surface area contributed by atoms with Gasteiger partial charge in [0.05, 0.1) is 18.8 Å². The van der Waals surface area contributed by atoms with E-state index < -0.39 is 0 Å². The first-order chi connectivity index (χ1) is 12.1. The second kappa shape index (κ2) is 7.78. The monoisotopic (exact) mass is 346 g/mol. The fraction of sp³-hybridized carbons (Fsp3) is 0.526. The van der Waals surface area contributed by atoms with Crippen molar-refractivity contribution in [2.24, 2.45) is 5.92 Å². The minimum atomic E-state index is -0.254. The fourth-order valence-electron chi connectivity index (χ4n) is 3.33. The Morgan fingerprint density at radius 1 is 1.44 bits per heavy atom. The van der Waals surface area contributed by atoms with Crippen LogP contribution in [0.5, 0.6) is 5.75 Å². The SMILES string of the molecule is CCOc1cccc2cc([C@H](C)NC(=O)NC[C@H]3CC[C@@H](O)C3)oc12. The summed E-state index contributed by atoms with van der Waals surface area (Å²) in [4.78, 5) is 12.1. The lowest BCUT2D eigenvalue weighted by Crippen LogP contribution is -2.39. The molecular formula is C19H26N2O4. The molecule has 0 radical (unpaired) electrons. The van der Waals surface area contributed by atoms with E-state index in [1.165, 1.54) is 0 Å². The van der Waals surface area contributed by atoms with E-state index in [0.29, 0.717) is 36.2 Å². The van der Waals surface area contributed by atoms with Crippen LogP contribution in [-0.2, 0) is 0 Å². The van der Waals surface area contributed by atoms with Crippen molar-refractivity contribution >= 4 is 17.0 Å². The van der Waals surface area contributed by atoms with Crippen molar-refractivity contribution in [3.8, 4) is 5.75 Å². The number of aliphatic hydroxyl groups excluding tert-OH is 1. The molecule has 2 aromatic rings. The number of carbonyl (C=O) groups is 1. The van der Waals surface area contributed by atoms with Crippen molar-refractivity contribution in [1.82, 2.24) is 10.6 Å². The van der Waals surface area contributed by atoms with Gasteiger partial charge in [0.1, 0.15) is 5.76 Å². The second-order valence-electron chi connectivity index (χ2n) is 6.67. The fourth-order valence-corrected chi connectivity index (χ4v) is 3.33. The van der Waals surface area contributed by atoms with Gasteiger partial charge in [-0.05, 0) is 51.2 Å². The first-order valence-electron chi connectivity index (χ1n) is 8.94. The molecule has 2 amide bonds. The van der Waals surface area contributed by atoms with Gasteiger partial charge in [0.25, 0.3) is 0 Å². The van der Waals surface area contributed by atoms with E-state index in [-0.39, 0.29) is 18.2 Å². The maximum absolute atomic E-state index is 12.1. The van der Waals surface area contributed by atoms with Gasteiger partial charge in [-0.25, -0.2) is 4.79 Å². The molecule has 6 heteroatoms. The lowest BCUT2D eigenvalue weighted by atomic mass is 10.1. The van der Waals surface area contributed by atoms with Gasteiger partial charge < -0.3 is 24.9 Å². The van der Waals surface area contributed by atoms with Crippen molar-refractivity contribution in [2.45, 2.75) is 45.3 Å². The molecule has 25 heavy (non-hydrogen) atoms. The van der Waals surface area contributed by atoms with E-state index in [1.54, 1.807) is 0 Å². The largest absolute Gasteiger partial charge is 0.490 e. The van der Waals surface area contributed by atoms with Gasteiger partial charge in [0, 0.05) is 11.9 Å². The zero-order chi connectivity index (χ0) is 17.8. The Balaban J connectivity index is 1.59. The van der Waals surface area contributed by atoms with Crippen LogP contribution in [0.25, 0.3) is 11.0 Å². The van der Waals surface area contributed by atoms with E-state index in [4.69, 9.17) is 9.15 Å². The normalized spacial score (nSPS) is 21.2. The van der Waals surface area contributed by atoms with Gasteiger partial charge in [-0.1, -0.05) is 12.1 Å². The summed E-state index contributed by atoms with van der Waals surface area (Å²) in [5, 5.41) is 16.3. The molecule has 0 spiro atoms. The van der Waals surface area contributed by atoms with Crippen LogP contribution in [0.2, 0.25) is 0 Å². The molecule has 1 fully saturated rings. The summed E-state index contributed by atoms with van der Waals surface area (Å²) in [6.45, 7) is 4.98. The number of urea groups is 1. The number of nitrogens with one attached hydrogen (secondary N) is 2. The van der Waals surface area contributed by atoms with Crippen LogP contribution in [0.15, 0.2) is 28.7 Å². The summed E-state index contributed by atoms with van der Waals surface area (Å²) < 4.78 is 11.5. The Labute approximate surface area is 147 Å². The smallest absolute Gasteiger partial charge is 0.315 e. The summed E-state index contributed by atoms with van der Waals surface area (Å²) in [5.74, 6) is 1.76. The van der Waals surface area contributed by atoms with Crippen LogP contribution >= 0.6 is 0 Å². The van der Waals surface area contributed by atoms with Crippen molar-refractivity contribution in [3.63, 3.8) is 0 Å². The van der Waals surface area contributed by atoms with Crippen LogP contribution in [0.1, 0.15) is 44.9 Å². The summed E-state index contributed by atoms with van der Waals surface area (Å²) in [5.41, 5.74) is 0.702. The molecule has 1 aliphatic carbocycles. The van der Waals surface area contributed by atoms with Crippen LogP contribution in [-0.4, -0.2) is 30.4 Å². The second-order valence-corrected chi connectivity index (χ2v) is 6.67. The molecule has 6 nitrogen and oxygen atoms in total. The number of hydrogen-bond acceptors (Lipinski definition) is 4. The number of carbonyl (C=O) groups excluding carboxylic acids is 1. The molecule has 0 unspecified atom stereocenters. The summed E-state index contributed by atoms with van der Waals surface area (Å²) in [6.07, 6.45) is 2.33. The third-order valence-corrected chi connectivity index (χ3v) is 4.67. The highest BCUT2D eigenvalue weighted by atomic mass is 16.5. The lowest BCUT2D eigenvalue weighted by molar-refractivity contribution is 0.177. The van der Waals surface area contributed by atoms with E-state index in [2.05, 4.69) is 10.6 Å². The zero-order valence-corrected chi connectivity index (χ0v) is 14.7. The van der Waals surface area contributed by atoms with Gasteiger partial charge in [0.2, 0.25) is 0 Å². The average molecular weight is 346 g/mol. The Bertz CT molecular complexity index is 727. The third kappa shape index (κ3) is 4.25. The highest BCUT2D eigenvalue weighted by Gasteiger charge is 2.23. The number of furan rings is 1. The Morgan fingerprint density at radius 3 is 3.00 bits per heavy atom. The highest BCUT2D eigenvalue weighted by molar-refractivity contribution is 5.84. The molecule has 1 aromatic heterocycles. The number of benzene rings is 1. The Hall–Kier alpha value is -2.21. The number of rotatable bonds is 6. The Morgan fingerprint density at radius 2 is 2.28 bits per heavy atom. The van der Waals surface area contributed by atoms with Gasteiger partial charge in [-0.2, -0.15) is 0 Å². The molecule has 3 rings (SSSR count). The van der Waals surface area contributed by atoms with Gasteiger partial charge in [-0.15, -0.1) is 0 Å². The van der Waals surface area contributed by atoms with Gasteiger partial charge in [0.15, 0.2) is 11.3 Å². The minimum absolute atomic E-state index is 0.219. The molecule has 1 aliphatic rings. The predicted octanol–water partition coefficient (Wildman–Crippen LogP) is 3.35. The zero-order valence-electron chi connectivity index (χ0n) is 14.7. The molecule has 136 valence electrons. The molecule has 0 bridgehead atoms. The molecule has 1 heterocycles. The number of fused-ring (bicyclic) bond motifs is 1. The van der Waals surface area contributed by atoms with Crippen molar-refractivity contribution in [3.05, 3.63) is 30.0 Å². The molecule has 3 atom stereocenters. The maximum Gasteiger partial charge on any atom is 0.315 e. The average Bonchev–Trinajstić information content (AvgIpc) is 3.20. The summed E-state index contributed by atoms with van der Waals surface area (Å²) in [6, 6.07) is 7.21. The predicted molar refractivity (Wildman–Crippen MR) is 95.7 cm³/mol. The van der Waals surface area contributed by atoms with Gasteiger partial charge >= 0.3 is 6.03 Å². The third-order valence-electron chi connectivity index (χ3n) is 4.67. The van der Waals surface area contributed by atoms with E-state index in [1.807, 2.05) is 38.1 Å². The highest BCUT2D eigenvalue weighted by Crippen LogP contribution is 2.31. The van der Waals surface area contributed by atoms with Gasteiger partial charge in [-0.3, -0.25) is 0 Å². The lowest BCUT2D eigenvalue weighted by Gasteiger charge is -2.15. The number of ether oxygens (including phenoxy) is 1. The van der Waals surface area contributed by atoms with Crippen LogP contribution < -0.4 is 15.4 Å². The summed E-state index contributed by atoms with van der Waals surface area (Å²) >= 11 is 0. The molecular weight excluding hydrogens is 320 g/mol. The van der Waals surface area contributed by atoms with E-state index in [0.717, 1.165) is 24.6 Å². The number of hydrogen-bond donors (Lipinski definition) is 3. The van der Waals surface area contributed by atoms with Crippen LogP contribution in [0.3, 0.4) is 0 Å². The van der Waals surface area contributed by atoms with Crippen LogP contribution in [0, 0.1) is 5.92 Å². The first kappa shape index (κ1) is 17.6. The standard InChI is InChI=1S/C19H26N2O4/c1-3-24-16-6-4-5-14-10-17(25-18(14)16)12(2)21-19(23)20-11-13-7-8-15(22)9-13/h4-6,10,12-13,15,22H,3,7-9,11H2,1-2H3,(H2,20,21,23)/t12-,13-,15+/m0/s1. The molecule has 3 N–H and O–H groups in total. The molecule has 0 saturated heterocycles. The van der Waals surface area contributed by atoms with E-state index >= 15 is 0 Å². The quantitative estimate of drug-likeness (QED) is 0.749. The molecule has 0 aliphatic heterocycles. The van der Waals surface area contributed by atoms with Crippen LogP contribution in [0.4, 0.5) is 4.79 Å². The molecule has 1 saturated carbocycles. The molecule has 1 aromatic carbocycles. The topological polar surface area (TPSA) is 83.7 Å². The van der Waals surface area contributed by atoms with Crippen molar-refractivity contribution in [1.29, 1.82) is 0 Å². The van der Waals surface area contributed by atoms with E-state index in [9.17, 15) is 9.90 Å². The first-order valence-corrected chi connectivity index (χ1v) is 8.94. The minimum Gasteiger partial charge on any atom is -0.490 e. The number of amides is 2. The number of para-hydroxylation sites is 1. The van der Waals surface area contributed by atoms with Crippen molar-refractivity contribution in [2.75, 3.05) is 13.2 Å². The Kier molecular flexibility index (Phi) is 5.48. The maximum atomic E-state index is 12.1. The van der Waals surface area contributed by atoms with Crippen molar-refractivity contribution < 1.29 is 19.1 Å².